The number of nitrogens with one attached hydrogen (secondary N) is 1. The van der Waals surface area contributed by atoms with Crippen LogP contribution in [-0.4, -0.2) is 31.4 Å². The molecule has 0 spiro atoms. The van der Waals surface area contributed by atoms with Crippen LogP contribution in [0.5, 0.6) is 0 Å². The minimum atomic E-state index is 0.122. The van der Waals surface area contributed by atoms with E-state index >= 15 is 0 Å². The van der Waals surface area contributed by atoms with Crippen molar-refractivity contribution in [2.45, 2.75) is 38.6 Å². The Balaban J connectivity index is 2.57. The summed E-state index contributed by atoms with van der Waals surface area (Å²) in [4.78, 5) is 13.3. The molecule has 1 amide bonds. The number of nitrogens with zero attached hydrogens (tertiary/aromatic N) is 1. The Labute approximate surface area is 117 Å². The second-order valence-corrected chi connectivity index (χ2v) is 5.13. The normalized spacial score (nSPS) is 12.2. The highest BCUT2D eigenvalue weighted by Gasteiger charge is 2.12. The largest absolute Gasteiger partial charge is 0.348 e. The van der Waals surface area contributed by atoms with Gasteiger partial charge in [0, 0.05) is 20.1 Å². The Morgan fingerprint density at radius 1 is 1.21 bits per heavy atom. The van der Waals surface area contributed by atoms with E-state index in [-0.39, 0.29) is 11.9 Å². The molecule has 0 aromatic heterocycles. The monoisotopic (exact) mass is 262 g/mol. The molecular formula is C16H26N2O. The topological polar surface area (TPSA) is 32.3 Å². The van der Waals surface area contributed by atoms with E-state index in [9.17, 15) is 4.79 Å². The fraction of sp³-hybridized carbons (Fsp3) is 0.562. The average molecular weight is 262 g/mol. The molecule has 1 aromatic carbocycles. The van der Waals surface area contributed by atoms with Gasteiger partial charge in [0.25, 0.3) is 0 Å². The van der Waals surface area contributed by atoms with E-state index in [4.69, 9.17) is 0 Å². The van der Waals surface area contributed by atoms with Crippen LogP contribution in [-0.2, 0) is 4.79 Å². The van der Waals surface area contributed by atoms with Gasteiger partial charge in [0.05, 0.1) is 6.54 Å². The van der Waals surface area contributed by atoms with Gasteiger partial charge in [-0.3, -0.25) is 4.79 Å². The summed E-state index contributed by atoms with van der Waals surface area (Å²) in [6, 6.07) is 10.7. The average Bonchev–Trinajstić information content (AvgIpc) is 2.43. The summed E-state index contributed by atoms with van der Waals surface area (Å²) < 4.78 is 0. The summed E-state index contributed by atoms with van der Waals surface area (Å²) in [5.41, 5.74) is 1.27. The van der Waals surface area contributed by atoms with Gasteiger partial charge >= 0.3 is 0 Å². The lowest BCUT2D eigenvalue weighted by Gasteiger charge is -2.20. The van der Waals surface area contributed by atoms with E-state index in [1.807, 2.05) is 6.07 Å². The molecule has 0 saturated heterocycles. The van der Waals surface area contributed by atoms with Crippen molar-refractivity contribution in [1.29, 1.82) is 0 Å². The molecule has 1 aromatic rings. The Hall–Kier alpha value is -1.35. The van der Waals surface area contributed by atoms with Crippen LogP contribution in [0.25, 0.3) is 0 Å². The highest BCUT2D eigenvalue weighted by molar-refractivity contribution is 5.77. The SMILES string of the molecule is CCCCCC(NCC(=O)N(C)C)c1ccccc1. The number of carbonyl (C=O) groups is 1. The van der Waals surface area contributed by atoms with E-state index in [0.29, 0.717) is 6.54 Å². The van der Waals surface area contributed by atoms with Gasteiger partial charge in [-0.2, -0.15) is 0 Å². The second kappa shape index (κ2) is 8.70. The number of carbonyl (C=O) groups excluding carboxylic acids is 1. The van der Waals surface area contributed by atoms with Crippen LogP contribution in [0.1, 0.15) is 44.2 Å². The molecule has 1 N–H and O–H groups in total. The van der Waals surface area contributed by atoms with Gasteiger partial charge in [0.2, 0.25) is 5.91 Å². The number of likely N-dealkylation sites (N-methyl/N-ethyl adjacent to an activating group) is 1. The molecule has 0 saturated carbocycles. The standard InChI is InChI=1S/C16H26N2O/c1-4-5-7-12-15(14-10-8-6-9-11-14)17-13-16(19)18(2)3/h6,8-11,15,17H,4-5,7,12-13H2,1-3H3. The van der Waals surface area contributed by atoms with Crippen molar-refractivity contribution in [3.05, 3.63) is 35.9 Å². The Kier molecular flexibility index (Phi) is 7.19. The van der Waals surface area contributed by atoms with Crippen LogP contribution in [0.3, 0.4) is 0 Å². The summed E-state index contributed by atoms with van der Waals surface area (Å²) in [5, 5.41) is 3.38. The first kappa shape index (κ1) is 15.7. The minimum absolute atomic E-state index is 0.122. The summed E-state index contributed by atoms with van der Waals surface area (Å²) in [5.74, 6) is 0.122. The fourth-order valence-electron chi connectivity index (χ4n) is 2.04. The van der Waals surface area contributed by atoms with E-state index in [0.717, 1.165) is 6.42 Å². The van der Waals surface area contributed by atoms with E-state index in [1.54, 1.807) is 19.0 Å². The Bertz CT molecular complexity index is 362. The Morgan fingerprint density at radius 2 is 1.89 bits per heavy atom. The molecular weight excluding hydrogens is 236 g/mol. The summed E-state index contributed by atoms with van der Waals surface area (Å²) in [6.07, 6.45) is 4.74. The van der Waals surface area contributed by atoms with Crippen molar-refractivity contribution in [2.24, 2.45) is 0 Å². The lowest BCUT2D eigenvalue weighted by atomic mass is 10.0. The predicted octanol–water partition coefficient (Wildman–Crippen LogP) is 2.99. The predicted molar refractivity (Wildman–Crippen MR) is 80.0 cm³/mol. The van der Waals surface area contributed by atoms with Crippen molar-refractivity contribution in [1.82, 2.24) is 10.2 Å². The maximum absolute atomic E-state index is 11.7. The third kappa shape index (κ3) is 5.88. The maximum Gasteiger partial charge on any atom is 0.236 e. The van der Waals surface area contributed by atoms with Gasteiger partial charge in [0.15, 0.2) is 0 Å². The molecule has 1 rings (SSSR count). The first-order valence-corrected chi connectivity index (χ1v) is 7.13. The molecule has 3 nitrogen and oxygen atoms in total. The van der Waals surface area contributed by atoms with E-state index < -0.39 is 0 Å². The molecule has 1 atom stereocenters. The van der Waals surface area contributed by atoms with Crippen molar-refractivity contribution in [3.8, 4) is 0 Å². The lowest BCUT2D eigenvalue weighted by Crippen LogP contribution is -2.35. The molecule has 0 aliphatic rings. The Morgan fingerprint density at radius 3 is 2.47 bits per heavy atom. The molecule has 0 heterocycles. The number of hydrogen-bond donors (Lipinski definition) is 1. The number of rotatable bonds is 8. The van der Waals surface area contributed by atoms with Crippen LogP contribution >= 0.6 is 0 Å². The first-order chi connectivity index (χ1) is 9.15. The second-order valence-electron chi connectivity index (χ2n) is 5.13. The zero-order valence-electron chi connectivity index (χ0n) is 12.4. The lowest BCUT2D eigenvalue weighted by molar-refractivity contribution is -0.127. The number of unbranched alkanes of at least 4 members (excludes halogenated alkanes) is 2. The van der Waals surface area contributed by atoms with Crippen LogP contribution in [0.4, 0.5) is 0 Å². The van der Waals surface area contributed by atoms with Crippen LogP contribution in [0, 0.1) is 0 Å². The molecule has 0 aliphatic carbocycles. The van der Waals surface area contributed by atoms with Crippen LogP contribution in [0.15, 0.2) is 30.3 Å². The molecule has 0 bridgehead atoms. The minimum Gasteiger partial charge on any atom is -0.348 e. The third-order valence-electron chi connectivity index (χ3n) is 3.30. The van der Waals surface area contributed by atoms with Gasteiger partial charge in [-0.15, -0.1) is 0 Å². The van der Waals surface area contributed by atoms with Gasteiger partial charge in [-0.05, 0) is 12.0 Å². The maximum atomic E-state index is 11.7. The molecule has 1 unspecified atom stereocenters. The van der Waals surface area contributed by atoms with Crippen LogP contribution in [0.2, 0.25) is 0 Å². The van der Waals surface area contributed by atoms with Crippen molar-refractivity contribution < 1.29 is 4.79 Å². The fourth-order valence-corrected chi connectivity index (χ4v) is 2.04. The highest BCUT2D eigenvalue weighted by Crippen LogP contribution is 2.19. The molecule has 0 aliphatic heterocycles. The molecule has 3 heteroatoms. The quantitative estimate of drug-likeness (QED) is 0.730. The highest BCUT2D eigenvalue weighted by atomic mass is 16.2. The summed E-state index contributed by atoms with van der Waals surface area (Å²) in [7, 11) is 3.58. The van der Waals surface area contributed by atoms with E-state index in [1.165, 1.54) is 24.8 Å². The summed E-state index contributed by atoms with van der Waals surface area (Å²) in [6.45, 7) is 2.61. The summed E-state index contributed by atoms with van der Waals surface area (Å²) >= 11 is 0. The molecule has 0 fully saturated rings. The van der Waals surface area contributed by atoms with Crippen molar-refractivity contribution >= 4 is 5.91 Å². The number of benzene rings is 1. The third-order valence-corrected chi connectivity index (χ3v) is 3.30. The molecule has 0 radical (unpaired) electrons. The van der Waals surface area contributed by atoms with Gasteiger partial charge in [0.1, 0.15) is 0 Å². The smallest absolute Gasteiger partial charge is 0.236 e. The number of hydrogen-bond acceptors (Lipinski definition) is 2. The molecule has 106 valence electrons. The van der Waals surface area contributed by atoms with Gasteiger partial charge in [-0.1, -0.05) is 56.5 Å². The van der Waals surface area contributed by atoms with E-state index in [2.05, 4.69) is 36.5 Å². The number of amides is 1. The zero-order chi connectivity index (χ0) is 14.1. The zero-order valence-corrected chi connectivity index (χ0v) is 12.4. The van der Waals surface area contributed by atoms with Gasteiger partial charge in [-0.25, -0.2) is 0 Å². The van der Waals surface area contributed by atoms with Crippen molar-refractivity contribution in [2.75, 3.05) is 20.6 Å². The van der Waals surface area contributed by atoms with Crippen LogP contribution < -0.4 is 5.32 Å². The molecule has 19 heavy (non-hydrogen) atoms. The van der Waals surface area contributed by atoms with Crippen molar-refractivity contribution in [3.63, 3.8) is 0 Å². The first-order valence-electron chi connectivity index (χ1n) is 7.13. The van der Waals surface area contributed by atoms with Gasteiger partial charge < -0.3 is 10.2 Å².